The van der Waals surface area contributed by atoms with Gasteiger partial charge < -0.3 is 14.9 Å². The van der Waals surface area contributed by atoms with Gasteiger partial charge in [-0.25, -0.2) is 9.59 Å². The van der Waals surface area contributed by atoms with Gasteiger partial charge in [-0.05, 0) is 0 Å². The van der Waals surface area contributed by atoms with E-state index >= 15 is 0 Å². The second-order valence-corrected chi connectivity index (χ2v) is 2.56. The van der Waals surface area contributed by atoms with E-state index in [0.717, 1.165) is 0 Å². The van der Waals surface area contributed by atoms with Crippen LogP contribution in [-0.2, 0) is 14.3 Å². The van der Waals surface area contributed by atoms with Crippen molar-refractivity contribution in [3.05, 3.63) is 24.3 Å². The number of hydrogen-bond acceptors (Lipinski definition) is 4. The van der Waals surface area contributed by atoms with E-state index in [9.17, 15) is 9.59 Å². The maximum absolute atomic E-state index is 11.0. The minimum Gasteiger partial charge on any atom is -0.478 e. The molecule has 0 aromatic heterocycles. The smallest absolute Gasteiger partial charge is 0.334 e. The first-order chi connectivity index (χ1) is 6.49. The molecule has 0 saturated carbocycles. The maximum atomic E-state index is 11.0. The molecule has 0 amide bonds. The standard InChI is InChI=1S/C9H12O5/c1-6(3-4-10)9(13)14-5-7(2)8(11)12/h10H,1-5H2,(H,11,12). The van der Waals surface area contributed by atoms with Gasteiger partial charge in [0, 0.05) is 18.6 Å². The van der Waals surface area contributed by atoms with Gasteiger partial charge in [0.2, 0.25) is 0 Å². The molecule has 0 aromatic rings. The Kier molecular flexibility index (Phi) is 5.24. The van der Waals surface area contributed by atoms with Crippen LogP contribution >= 0.6 is 0 Å². The van der Waals surface area contributed by atoms with Gasteiger partial charge >= 0.3 is 11.9 Å². The molecule has 0 radical (unpaired) electrons. The lowest BCUT2D eigenvalue weighted by Gasteiger charge is -2.05. The fraction of sp³-hybridized carbons (Fsp3) is 0.333. The Morgan fingerprint density at radius 3 is 2.21 bits per heavy atom. The fourth-order valence-corrected chi connectivity index (χ4v) is 0.553. The van der Waals surface area contributed by atoms with Crippen molar-refractivity contribution in [2.24, 2.45) is 0 Å². The van der Waals surface area contributed by atoms with Crippen LogP contribution in [-0.4, -0.2) is 35.4 Å². The molecule has 0 spiro atoms. The molecule has 0 aromatic carbocycles. The van der Waals surface area contributed by atoms with Crippen molar-refractivity contribution < 1.29 is 24.5 Å². The van der Waals surface area contributed by atoms with Gasteiger partial charge in [-0.1, -0.05) is 13.2 Å². The predicted octanol–water partition coefficient (Wildman–Crippen LogP) is 0.109. The average molecular weight is 200 g/mol. The number of aliphatic hydroxyl groups excluding tert-OH is 1. The van der Waals surface area contributed by atoms with Crippen LogP contribution in [0, 0.1) is 0 Å². The number of aliphatic carboxylic acids is 1. The van der Waals surface area contributed by atoms with Crippen molar-refractivity contribution >= 4 is 11.9 Å². The summed E-state index contributed by atoms with van der Waals surface area (Å²) in [5, 5.41) is 16.9. The normalized spacial score (nSPS) is 9.21. The van der Waals surface area contributed by atoms with Crippen molar-refractivity contribution in [1.29, 1.82) is 0 Å². The van der Waals surface area contributed by atoms with Gasteiger partial charge in [0.25, 0.3) is 0 Å². The van der Waals surface area contributed by atoms with E-state index in [1.165, 1.54) is 0 Å². The van der Waals surface area contributed by atoms with E-state index < -0.39 is 11.9 Å². The number of carboxylic acid groups (broad SMARTS) is 1. The highest BCUT2D eigenvalue weighted by Crippen LogP contribution is 2.01. The zero-order chi connectivity index (χ0) is 11.1. The summed E-state index contributed by atoms with van der Waals surface area (Å²) in [7, 11) is 0. The largest absolute Gasteiger partial charge is 0.478 e. The number of ether oxygens (including phenoxy) is 1. The molecule has 0 aliphatic carbocycles. The number of carbonyl (C=O) groups is 2. The lowest BCUT2D eigenvalue weighted by atomic mass is 10.2. The van der Waals surface area contributed by atoms with Crippen molar-refractivity contribution in [3.8, 4) is 0 Å². The summed E-state index contributed by atoms with van der Waals surface area (Å²) in [5.41, 5.74) is -0.110. The number of aliphatic hydroxyl groups is 1. The summed E-state index contributed by atoms with van der Waals surface area (Å²) < 4.78 is 4.55. The summed E-state index contributed by atoms with van der Waals surface area (Å²) in [6.45, 7) is 5.95. The number of carbonyl (C=O) groups excluding carboxylic acids is 1. The Balaban J connectivity index is 3.91. The molecule has 0 aliphatic rings. The zero-order valence-corrected chi connectivity index (χ0v) is 7.65. The van der Waals surface area contributed by atoms with Gasteiger partial charge in [0.1, 0.15) is 6.61 Å². The zero-order valence-electron chi connectivity index (χ0n) is 7.65. The molecule has 78 valence electrons. The van der Waals surface area contributed by atoms with Crippen LogP contribution in [0.1, 0.15) is 6.42 Å². The molecule has 5 nitrogen and oxygen atoms in total. The van der Waals surface area contributed by atoms with Crippen LogP contribution < -0.4 is 0 Å². The number of rotatable bonds is 6. The molecule has 0 rings (SSSR count). The third kappa shape index (κ3) is 4.42. The molecule has 0 atom stereocenters. The van der Waals surface area contributed by atoms with Crippen LogP contribution in [0.4, 0.5) is 0 Å². The molecule has 0 unspecified atom stereocenters. The monoisotopic (exact) mass is 200 g/mol. The lowest BCUT2D eigenvalue weighted by molar-refractivity contribution is -0.139. The molecule has 5 heteroatoms. The Labute approximate surface area is 81.3 Å². The van der Waals surface area contributed by atoms with Crippen molar-refractivity contribution in [2.75, 3.05) is 13.2 Å². The first-order valence-corrected chi connectivity index (χ1v) is 3.86. The van der Waals surface area contributed by atoms with Crippen LogP contribution in [0.15, 0.2) is 24.3 Å². The van der Waals surface area contributed by atoms with Crippen molar-refractivity contribution in [2.45, 2.75) is 6.42 Å². The maximum Gasteiger partial charge on any atom is 0.334 e. The third-order valence-electron chi connectivity index (χ3n) is 1.38. The Morgan fingerprint density at radius 2 is 1.79 bits per heavy atom. The highest BCUT2D eigenvalue weighted by Gasteiger charge is 2.10. The topological polar surface area (TPSA) is 83.8 Å². The quantitative estimate of drug-likeness (QED) is 0.469. The van der Waals surface area contributed by atoms with Crippen LogP contribution in [0.25, 0.3) is 0 Å². The lowest BCUT2D eigenvalue weighted by Crippen LogP contribution is -2.13. The van der Waals surface area contributed by atoms with Gasteiger partial charge in [-0.3, -0.25) is 0 Å². The van der Waals surface area contributed by atoms with E-state index in [-0.39, 0.29) is 30.8 Å². The van der Waals surface area contributed by atoms with E-state index in [0.29, 0.717) is 0 Å². The first kappa shape index (κ1) is 12.4. The highest BCUT2D eigenvalue weighted by molar-refractivity contribution is 5.89. The summed E-state index contributed by atoms with van der Waals surface area (Å²) in [6.07, 6.45) is 0.110. The average Bonchev–Trinajstić information content (AvgIpc) is 2.13. The Morgan fingerprint density at radius 1 is 1.21 bits per heavy atom. The molecule has 2 N–H and O–H groups in total. The van der Waals surface area contributed by atoms with Gasteiger partial charge in [-0.15, -0.1) is 0 Å². The van der Waals surface area contributed by atoms with Gasteiger partial charge in [0.15, 0.2) is 0 Å². The van der Waals surface area contributed by atoms with E-state index in [2.05, 4.69) is 17.9 Å². The minimum absolute atomic E-state index is 0.102. The van der Waals surface area contributed by atoms with Crippen molar-refractivity contribution in [1.82, 2.24) is 0 Å². The minimum atomic E-state index is -1.22. The number of hydrogen-bond donors (Lipinski definition) is 2. The van der Waals surface area contributed by atoms with Crippen LogP contribution in [0.5, 0.6) is 0 Å². The molecule has 0 bridgehead atoms. The predicted molar refractivity (Wildman–Crippen MR) is 48.6 cm³/mol. The Bertz CT molecular complexity index is 266. The summed E-state index contributed by atoms with van der Waals surface area (Å²) >= 11 is 0. The van der Waals surface area contributed by atoms with Crippen LogP contribution in [0.2, 0.25) is 0 Å². The van der Waals surface area contributed by atoms with E-state index in [1.807, 2.05) is 0 Å². The third-order valence-corrected chi connectivity index (χ3v) is 1.38. The van der Waals surface area contributed by atoms with Gasteiger partial charge in [0.05, 0.1) is 5.57 Å². The first-order valence-electron chi connectivity index (χ1n) is 3.86. The second kappa shape index (κ2) is 5.93. The van der Waals surface area contributed by atoms with E-state index in [4.69, 9.17) is 10.2 Å². The summed E-state index contributed by atoms with van der Waals surface area (Å²) in [5.74, 6) is -1.94. The molecular formula is C9H12O5. The fourth-order valence-electron chi connectivity index (χ4n) is 0.553. The second-order valence-electron chi connectivity index (χ2n) is 2.56. The molecule has 14 heavy (non-hydrogen) atoms. The molecular weight excluding hydrogens is 188 g/mol. The van der Waals surface area contributed by atoms with Gasteiger partial charge in [-0.2, -0.15) is 0 Å². The highest BCUT2D eigenvalue weighted by atomic mass is 16.5. The van der Waals surface area contributed by atoms with Crippen molar-refractivity contribution in [3.63, 3.8) is 0 Å². The molecule has 0 saturated heterocycles. The summed E-state index contributed by atoms with van der Waals surface area (Å²) in [4.78, 5) is 21.2. The molecule has 0 fully saturated rings. The molecule has 0 aliphatic heterocycles. The Hall–Kier alpha value is -1.62. The summed E-state index contributed by atoms with van der Waals surface area (Å²) in [6, 6.07) is 0. The SMILES string of the molecule is C=C(COC(=O)C(=C)CCO)C(=O)O. The van der Waals surface area contributed by atoms with E-state index in [1.54, 1.807) is 0 Å². The number of esters is 1. The number of carboxylic acids is 1. The van der Waals surface area contributed by atoms with Crippen LogP contribution in [0.3, 0.4) is 0 Å². The molecule has 0 heterocycles.